The minimum Gasteiger partial charge on any atom is -0.379 e. The van der Waals surface area contributed by atoms with E-state index in [9.17, 15) is 13.2 Å². The number of benzene rings is 1. The Morgan fingerprint density at radius 1 is 1.07 bits per heavy atom. The van der Waals surface area contributed by atoms with Crippen LogP contribution in [0.25, 0.3) is 0 Å². The number of carbonyl (C=O) groups is 1. The number of sulfonamides is 1. The van der Waals surface area contributed by atoms with Crippen molar-refractivity contribution in [1.82, 2.24) is 9.21 Å². The summed E-state index contributed by atoms with van der Waals surface area (Å²) in [6, 6.07) is 5.44. The van der Waals surface area contributed by atoms with E-state index in [2.05, 4.69) is 6.92 Å². The predicted octanol–water partition coefficient (Wildman–Crippen LogP) is 3.06. The zero-order valence-electron chi connectivity index (χ0n) is 17.5. The minimum absolute atomic E-state index is 0.0211. The molecule has 2 heterocycles. The molecule has 3 unspecified atom stereocenters. The van der Waals surface area contributed by atoms with Gasteiger partial charge < -0.3 is 9.64 Å². The van der Waals surface area contributed by atoms with E-state index in [4.69, 9.17) is 4.74 Å². The largest absolute Gasteiger partial charge is 0.379 e. The highest BCUT2D eigenvalue weighted by molar-refractivity contribution is 7.89. The Morgan fingerprint density at radius 2 is 1.79 bits per heavy atom. The first kappa shape index (κ1) is 20.8. The Bertz CT molecular complexity index is 864. The van der Waals surface area contributed by atoms with Gasteiger partial charge in [0.25, 0.3) is 5.91 Å². The van der Waals surface area contributed by atoms with E-state index < -0.39 is 10.0 Å². The van der Waals surface area contributed by atoms with Gasteiger partial charge in [0.2, 0.25) is 10.0 Å². The highest BCUT2D eigenvalue weighted by Gasteiger charge is 2.40. The lowest BCUT2D eigenvalue weighted by Crippen LogP contribution is -2.52. The van der Waals surface area contributed by atoms with Gasteiger partial charge in [-0.05, 0) is 55.7 Å². The van der Waals surface area contributed by atoms with Gasteiger partial charge in [0.05, 0.1) is 18.1 Å². The summed E-state index contributed by atoms with van der Waals surface area (Å²) in [6.45, 7) is 6.39. The number of morpholine rings is 1. The van der Waals surface area contributed by atoms with E-state index in [1.807, 2.05) is 4.90 Å². The maximum atomic E-state index is 13.4. The smallest absolute Gasteiger partial charge is 0.254 e. The third-order valence-corrected chi connectivity index (χ3v) is 9.06. The van der Waals surface area contributed by atoms with Gasteiger partial charge in [0.1, 0.15) is 0 Å². The maximum Gasteiger partial charge on any atom is 0.254 e. The average Bonchev–Trinajstić information content (AvgIpc) is 2.74. The number of fused-ring (bicyclic) bond motifs is 1. The fraction of sp³-hybridized carbons (Fsp3) is 0.682. The van der Waals surface area contributed by atoms with Crippen molar-refractivity contribution < 1.29 is 17.9 Å². The summed E-state index contributed by atoms with van der Waals surface area (Å²) in [4.78, 5) is 15.7. The Labute approximate surface area is 174 Å². The highest BCUT2D eigenvalue weighted by atomic mass is 32.2. The van der Waals surface area contributed by atoms with Crippen molar-refractivity contribution in [3.05, 3.63) is 29.3 Å². The molecule has 3 fully saturated rings. The Balaban J connectivity index is 1.62. The molecule has 0 spiro atoms. The second-order valence-electron chi connectivity index (χ2n) is 8.78. The lowest BCUT2D eigenvalue weighted by Gasteiger charge is -2.47. The molecule has 0 radical (unpaired) electrons. The number of hydrogen-bond acceptors (Lipinski definition) is 4. The van der Waals surface area contributed by atoms with Gasteiger partial charge in [-0.25, -0.2) is 8.42 Å². The summed E-state index contributed by atoms with van der Waals surface area (Å²) in [7, 11) is -3.63. The molecule has 160 valence electrons. The van der Waals surface area contributed by atoms with Gasteiger partial charge >= 0.3 is 0 Å². The van der Waals surface area contributed by atoms with Crippen LogP contribution < -0.4 is 0 Å². The molecule has 29 heavy (non-hydrogen) atoms. The molecule has 1 aliphatic carbocycles. The fourth-order valence-corrected chi connectivity index (χ4v) is 6.93. The van der Waals surface area contributed by atoms with Gasteiger partial charge in [-0.1, -0.05) is 25.8 Å². The van der Waals surface area contributed by atoms with Crippen molar-refractivity contribution in [2.75, 3.05) is 32.8 Å². The zero-order valence-corrected chi connectivity index (χ0v) is 18.3. The van der Waals surface area contributed by atoms with Gasteiger partial charge in [-0.3, -0.25) is 4.79 Å². The quantitative estimate of drug-likeness (QED) is 0.754. The molecule has 1 saturated carbocycles. The first-order valence-corrected chi connectivity index (χ1v) is 12.3. The van der Waals surface area contributed by atoms with Crippen LogP contribution in [0.2, 0.25) is 0 Å². The Kier molecular flexibility index (Phi) is 6.00. The van der Waals surface area contributed by atoms with Crippen LogP contribution in [-0.2, 0) is 14.8 Å². The second kappa shape index (κ2) is 8.36. The van der Waals surface area contributed by atoms with Gasteiger partial charge in [-0.2, -0.15) is 4.31 Å². The fourth-order valence-electron chi connectivity index (χ4n) is 5.27. The topological polar surface area (TPSA) is 66.9 Å². The summed E-state index contributed by atoms with van der Waals surface area (Å²) in [5.74, 6) is 1.20. The van der Waals surface area contributed by atoms with Crippen LogP contribution in [0, 0.1) is 18.8 Å². The van der Waals surface area contributed by atoms with Crippen LogP contribution in [-0.4, -0.2) is 62.4 Å². The van der Waals surface area contributed by atoms with Crippen molar-refractivity contribution >= 4 is 15.9 Å². The van der Waals surface area contributed by atoms with Crippen molar-refractivity contribution in [2.24, 2.45) is 11.8 Å². The van der Waals surface area contributed by atoms with Crippen molar-refractivity contribution in [1.29, 1.82) is 0 Å². The monoisotopic (exact) mass is 420 g/mol. The molecule has 4 rings (SSSR count). The lowest BCUT2D eigenvalue weighted by molar-refractivity contribution is 0.0217. The molecule has 3 atom stereocenters. The first-order chi connectivity index (χ1) is 13.9. The van der Waals surface area contributed by atoms with E-state index >= 15 is 0 Å². The summed E-state index contributed by atoms with van der Waals surface area (Å²) in [5.41, 5.74) is 1.16. The number of carbonyl (C=O) groups excluding carboxylic acids is 1. The molecule has 6 nitrogen and oxygen atoms in total. The molecule has 2 saturated heterocycles. The van der Waals surface area contributed by atoms with Crippen LogP contribution in [0.15, 0.2) is 23.1 Å². The van der Waals surface area contributed by atoms with Crippen molar-refractivity contribution in [3.8, 4) is 0 Å². The highest BCUT2D eigenvalue weighted by Crippen LogP contribution is 2.39. The molecule has 1 amide bonds. The number of rotatable bonds is 3. The number of amides is 1. The molecular formula is C22H32N2O4S. The standard InChI is InChI=1S/C22H32N2O4S/c1-16-9-10-24(20-6-4-3-5-19(16)20)22(25)18-8-7-17(2)21(15-18)29(26,27)23-11-13-28-14-12-23/h7-8,15-16,19-20H,3-6,9-14H2,1-2H3. The van der Waals surface area contributed by atoms with E-state index in [0.29, 0.717) is 55.3 Å². The molecule has 0 N–H and O–H groups in total. The second-order valence-corrected chi connectivity index (χ2v) is 10.7. The minimum atomic E-state index is -3.63. The van der Waals surface area contributed by atoms with E-state index in [-0.39, 0.29) is 10.8 Å². The Morgan fingerprint density at radius 3 is 2.55 bits per heavy atom. The first-order valence-electron chi connectivity index (χ1n) is 10.9. The maximum absolute atomic E-state index is 13.4. The van der Waals surface area contributed by atoms with Crippen LogP contribution in [0.5, 0.6) is 0 Å². The molecule has 3 aliphatic rings. The van der Waals surface area contributed by atoms with Crippen LogP contribution in [0.1, 0.15) is 54.9 Å². The summed E-state index contributed by atoms with van der Waals surface area (Å²) >= 11 is 0. The number of ether oxygens (including phenoxy) is 1. The van der Waals surface area contributed by atoms with Gasteiger partial charge in [0, 0.05) is 31.2 Å². The van der Waals surface area contributed by atoms with Gasteiger partial charge in [-0.15, -0.1) is 0 Å². The number of aryl methyl sites for hydroxylation is 1. The van der Waals surface area contributed by atoms with Crippen LogP contribution in [0.4, 0.5) is 0 Å². The number of piperidine rings is 1. The van der Waals surface area contributed by atoms with Crippen molar-refractivity contribution in [2.45, 2.75) is 56.9 Å². The normalized spacial score (nSPS) is 28.8. The van der Waals surface area contributed by atoms with Crippen LogP contribution in [0.3, 0.4) is 0 Å². The number of hydrogen-bond donors (Lipinski definition) is 0. The molecule has 2 aliphatic heterocycles. The van der Waals surface area contributed by atoms with Crippen LogP contribution >= 0.6 is 0 Å². The van der Waals surface area contributed by atoms with Crippen molar-refractivity contribution in [3.63, 3.8) is 0 Å². The molecule has 7 heteroatoms. The molecule has 1 aromatic carbocycles. The molecule has 0 bridgehead atoms. The predicted molar refractivity (Wildman–Crippen MR) is 111 cm³/mol. The molecule has 1 aromatic rings. The third-order valence-electron chi connectivity index (χ3n) is 7.02. The summed E-state index contributed by atoms with van der Waals surface area (Å²) in [5, 5.41) is 0. The summed E-state index contributed by atoms with van der Waals surface area (Å²) < 4.78 is 33.1. The van der Waals surface area contributed by atoms with Gasteiger partial charge in [0.15, 0.2) is 0 Å². The summed E-state index contributed by atoms with van der Waals surface area (Å²) in [6.07, 6.45) is 5.70. The van der Waals surface area contributed by atoms with E-state index in [0.717, 1.165) is 19.4 Å². The zero-order chi connectivity index (χ0) is 20.6. The number of likely N-dealkylation sites (tertiary alicyclic amines) is 1. The van der Waals surface area contributed by atoms with E-state index in [1.54, 1.807) is 25.1 Å². The SMILES string of the molecule is Cc1ccc(C(=O)N2CCC(C)C3CCCCC32)cc1S(=O)(=O)N1CCOCC1. The average molecular weight is 421 g/mol. The molecular weight excluding hydrogens is 388 g/mol. The Hall–Kier alpha value is -1.44. The lowest BCUT2D eigenvalue weighted by atomic mass is 9.72. The third kappa shape index (κ3) is 3.97. The van der Waals surface area contributed by atoms with E-state index in [1.165, 1.54) is 23.6 Å². The number of nitrogens with zero attached hydrogens (tertiary/aromatic N) is 2. The molecule has 0 aromatic heterocycles.